The van der Waals surface area contributed by atoms with E-state index < -0.39 is 16.0 Å². The van der Waals surface area contributed by atoms with Crippen molar-refractivity contribution in [3.63, 3.8) is 0 Å². The smallest absolute Gasteiger partial charge is 0.337 e. The number of carbonyl (C=O) groups excluding carboxylic acids is 1. The normalized spacial score (nSPS) is 17.0. The van der Waals surface area contributed by atoms with Crippen molar-refractivity contribution in [2.24, 2.45) is 5.73 Å². The van der Waals surface area contributed by atoms with Crippen molar-refractivity contribution in [1.29, 1.82) is 0 Å². The Kier molecular flexibility index (Phi) is 3.62. The van der Waals surface area contributed by atoms with Crippen molar-refractivity contribution in [3.05, 3.63) is 29.3 Å². The van der Waals surface area contributed by atoms with Crippen molar-refractivity contribution in [1.82, 2.24) is 4.31 Å². The van der Waals surface area contributed by atoms with Crippen LogP contribution in [0.4, 0.5) is 0 Å². The number of sulfonamides is 1. The predicted octanol–water partition coefficient (Wildman–Crippen LogP) is 0.113. The molecule has 0 unspecified atom stereocenters. The molecule has 7 heteroatoms. The van der Waals surface area contributed by atoms with Gasteiger partial charge in [-0.05, 0) is 24.6 Å². The zero-order valence-corrected chi connectivity index (χ0v) is 11.6. The zero-order chi connectivity index (χ0) is 14.2. The summed E-state index contributed by atoms with van der Waals surface area (Å²) in [4.78, 5) is 11.6. The molecular formula is C12H16N2O4S. The Balaban J connectivity index is 2.41. The summed E-state index contributed by atoms with van der Waals surface area (Å²) < 4.78 is 30.6. The van der Waals surface area contributed by atoms with Crippen molar-refractivity contribution in [3.8, 4) is 0 Å². The molecule has 0 atom stereocenters. The molecule has 1 aliphatic heterocycles. The van der Waals surface area contributed by atoms with E-state index in [0.29, 0.717) is 18.7 Å². The molecule has 0 bridgehead atoms. The van der Waals surface area contributed by atoms with Crippen molar-refractivity contribution in [2.75, 3.05) is 20.2 Å². The predicted molar refractivity (Wildman–Crippen MR) is 69.3 cm³/mol. The van der Waals surface area contributed by atoms with E-state index in [4.69, 9.17) is 5.73 Å². The molecule has 0 aromatic heterocycles. The summed E-state index contributed by atoms with van der Waals surface area (Å²) in [5.74, 6) is -0.559. The van der Waals surface area contributed by atoms with Gasteiger partial charge in [-0.3, -0.25) is 0 Å². The van der Waals surface area contributed by atoms with Crippen LogP contribution in [0, 0.1) is 6.92 Å². The monoisotopic (exact) mass is 284 g/mol. The third kappa shape index (κ3) is 2.49. The first-order valence-corrected chi connectivity index (χ1v) is 7.25. The largest absolute Gasteiger partial charge is 0.465 e. The molecule has 104 valence electrons. The lowest BCUT2D eigenvalue weighted by atomic mass is 10.1. The Hall–Kier alpha value is -1.44. The van der Waals surface area contributed by atoms with Crippen molar-refractivity contribution < 1.29 is 17.9 Å². The first-order chi connectivity index (χ1) is 8.86. The summed E-state index contributed by atoms with van der Waals surface area (Å²) in [5.41, 5.74) is 6.41. The summed E-state index contributed by atoms with van der Waals surface area (Å²) >= 11 is 0. The fourth-order valence-electron chi connectivity index (χ4n) is 1.93. The Morgan fingerprint density at radius 3 is 2.58 bits per heavy atom. The van der Waals surface area contributed by atoms with Gasteiger partial charge in [0.1, 0.15) is 0 Å². The Bertz CT molecular complexity index is 606. The van der Waals surface area contributed by atoms with Gasteiger partial charge in [0.25, 0.3) is 0 Å². The molecule has 2 rings (SSSR count). The number of aryl methyl sites for hydroxylation is 1. The highest BCUT2D eigenvalue weighted by atomic mass is 32.2. The average molecular weight is 284 g/mol. The standard InChI is InChI=1S/C12H16N2O4S/c1-8-3-4-9(12(15)18-2)5-11(8)19(16,17)14-6-10(13)7-14/h3-5,10H,6-7,13H2,1-2H3. The van der Waals surface area contributed by atoms with Gasteiger partial charge in [0, 0.05) is 19.1 Å². The Morgan fingerprint density at radius 2 is 2.05 bits per heavy atom. The van der Waals surface area contributed by atoms with Crippen LogP contribution in [0.25, 0.3) is 0 Å². The number of methoxy groups -OCH3 is 1. The highest BCUT2D eigenvalue weighted by molar-refractivity contribution is 7.89. The number of hydrogen-bond donors (Lipinski definition) is 1. The molecule has 1 heterocycles. The van der Waals surface area contributed by atoms with Crippen LogP contribution < -0.4 is 5.73 Å². The van der Waals surface area contributed by atoms with Gasteiger partial charge in [0.15, 0.2) is 0 Å². The number of benzene rings is 1. The number of rotatable bonds is 3. The highest BCUT2D eigenvalue weighted by Gasteiger charge is 2.35. The van der Waals surface area contributed by atoms with E-state index >= 15 is 0 Å². The van der Waals surface area contributed by atoms with E-state index in [0.717, 1.165) is 0 Å². The average Bonchev–Trinajstić information content (AvgIpc) is 2.34. The number of ether oxygens (including phenoxy) is 1. The van der Waals surface area contributed by atoms with Gasteiger partial charge in [-0.1, -0.05) is 6.07 Å². The SMILES string of the molecule is COC(=O)c1ccc(C)c(S(=O)(=O)N2CC(N)C2)c1. The van der Waals surface area contributed by atoms with E-state index in [2.05, 4.69) is 4.74 Å². The topological polar surface area (TPSA) is 89.7 Å². The molecule has 0 saturated carbocycles. The molecule has 0 radical (unpaired) electrons. The van der Waals surface area contributed by atoms with E-state index in [1.54, 1.807) is 19.1 Å². The number of hydrogen-bond acceptors (Lipinski definition) is 5. The number of carbonyl (C=O) groups is 1. The lowest BCUT2D eigenvalue weighted by Crippen LogP contribution is -2.57. The Labute approximate surface area is 112 Å². The summed E-state index contributed by atoms with van der Waals surface area (Å²) in [5, 5.41) is 0. The summed E-state index contributed by atoms with van der Waals surface area (Å²) in [6.07, 6.45) is 0. The van der Waals surface area contributed by atoms with Crippen LogP contribution in [-0.2, 0) is 14.8 Å². The lowest BCUT2D eigenvalue weighted by Gasteiger charge is -2.35. The maximum atomic E-state index is 12.4. The van der Waals surface area contributed by atoms with E-state index in [9.17, 15) is 13.2 Å². The molecule has 1 aromatic rings. The first kappa shape index (κ1) is 14.0. The molecule has 0 aliphatic carbocycles. The minimum Gasteiger partial charge on any atom is -0.465 e. The van der Waals surface area contributed by atoms with Gasteiger partial charge in [0.05, 0.1) is 17.6 Å². The van der Waals surface area contributed by atoms with Crippen LogP contribution >= 0.6 is 0 Å². The van der Waals surface area contributed by atoms with E-state index in [1.807, 2.05) is 0 Å². The van der Waals surface area contributed by atoms with Gasteiger partial charge in [-0.25, -0.2) is 13.2 Å². The van der Waals surface area contributed by atoms with Gasteiger partial charge in [0.2, 0.25) is 10.0 Å². The third-order valence-electron chi connectivity index (χ3n) is 3.10. The van der Waals surface area contributed by atoms with Crippen molar-refractivity contribution >= 4 is 16.0 Å². The summed E-state index contributed by atoms with van der Waals surface area (Å²) in [6.45, 7) is 2.31. The van der Waals surface area contributed by atoms with E-state index in [1.165, 1.54) is 17.5 Å². The summed E-state index contributed by atoms with van der Waals surface area (Å²) in [6, 6.07) is 4.38. The van der Waals surface area contributed by atoms with Crippen LogP contribution in [0.15, 0.2) is 23.1 Å². The van der Waals surface area contributed by atoms with Gasteiger partial charge in [-0.2, -0.15) is 4.31 Å². The number of esters is 1. The molecular weight excluding hydrogens is 268 g/mol. The maximum Gasteiger partial charge on any atom is 0.337 e. The second-order valence-corrected chi connectivity index (χ2v) is 6.46. The second kappa shape index (κ2) is 4.92. The first-order valence-electron chi connectivity index (χ1n) is 5.81. The maximum absolute atomic E-state index is 12.4. The quantitative estimate of drug-likeness (QED) is 0.796. The third-order valence-corrected chi connectivity index (χ3v) is 5.08. The lowest BCUT2D eigenvalue weighted by molar-refractivity contribution is 0.0600. The molecule has 19 heavy (non-hydrogen) atoms. The number of nitrogens with zero attached hydrogens (tertiary/aromatic N) is 1. The molecule has 6 nitrogen and oxygen atoms in total. The zero-order valence-electron chi connectivity index (χ0n) is 10.8. The Morgan fingerprint density at radius 1 is 1.42 bits per heavy atom. The fraction of sp³-hybridized carbons (Fsp3) is 0.417. The summed E-state index contributed by atoms with van der Waals surface area (Å²) in [7, 11) is -2.33. The molecule has 0 amide bonds. The number of nitrogens with two attached hydrogens (primary N) is 1. The molecule has 1 aromatic carbocycles. The van der Waals surface area contributed by atoms with Gasteiger partial charge in [-0.15, -0.1) is 0 Å². The molecule has 1 saturated heterocycles. The molecule has 1 aliphatic rings. The van der Waals surface area contributed by atoms with Crippen LogP contribution in [0.5, 0.6) is 0 Å². The fourth-order valence-corrected chi connectivity index (χ4v) is 3.73. The minimum atomic E-state index is -3.58. The van der Waals surface area contributed by atoms with Crippen LogP contribution in [0.2, 0.25) is 0 Å². The second-order valence-electron chi connectivity index (χ2n) is 4.55. The molecule has 2 N–H and O–H groups in total. The van der Waals surface area contributed by atoms with Crippen LogP contribution in [-0.4, -0.2) is 44.9 Å². The van der Waals surface area contributed by atoms with Gasteiger partial charge >= 0.3 is 5.97 Å². The molecule has 1 fully saturated rings. The van der Waals surface area contributed by atoms with Crippen LogP contribution in [0.1, 0.15) is 15.9 Å². The highest BCUT2D eigenvalue weighted by Crippen LogP contribution is 2.24. The van der Waals surface area contributed by atoms with Crippen molar-refractivity contribution in [2.45, 2.75) is 17.9 Å². The van der Waals surface area contributed by atoms with Gasteiger partial charge < -0.3 is 10.5 Å². The minimum absolute atomic E-state index is 0.112. The molecule has 0 spiro atoms. The van der Waals surface area contributed by atoms with Crippen LogP contribution in [0.3, 0.4) is 0 Å². The van der Waals surface area contributed by atoms with E-state index in [-0.39, 0.29) is 16.5 Å².